The summed E-state index contributed by atoms with van der Waals surface area (Å²) in [5, 5.41) is 13.0. The van der Waals surface area contributed by atoms with Gasteiger partial charge < -0.3 is 9.84 Å². The molecule has 0 amide bonds. The molecule has 0 aliphatic heterocycles. The van der Waals surface area contributed by atoms with Crippen molar-refractivity contribution < 1.29 is 9.84 Å². The van der Waals surface area contributed by atoms with Gasteiger partial charge in [-0.3, -0.25) is 0 Å². The Morgan fingerprint density at radius 3 is 2.81 bits per heavy atom. The second kappa shape index (κ2) is 5.96. The summed E-state index contributed by atoms with van der Waals surface area (Å²) in [5.74, 6) is 0.350. The average Bonchev–Trinajstić information content (AvgIpc) is 2.20. The zero-order valence-electron chi connectivity index (χ0n) is 8.34. The van der Waals surface area contributed by atoms with E-state index in [4.69, 9.17) is 21.9 Å². The fraction of sp³-hybridized carbons (Fsp3) is 0.333. The van der Waals surface area contributed by atoms with Gasteiger partial charge in [-0.2, -0.15) is 0 Å². The van der Waals surface area contributed by atoms with Crippen molar-refractivity contribution in [1.82, 2.24) is 0 Å². The lowest BCUT2D eigenvalue weighted by Gasteiger charge is -2.17. The second-order valence-corrected chi connectivity index (χ2v) is 4.35. The minimum absolute atomic E-state index is 0.350. The van der Waals surface area contributed by atoms with Crippen molar-refractivity contribution in [3.8, 4) is 5.75 Å². The van der Waals surface area contributed by atoms with E-state index in [0.717, 1.165) is 4.47 Å². The first-order valence-corrected chi connectivity index (χ1v) is 5.55. The van der Waals surface area contributed by atoms with Crippen LogP contribution >= 0.6 is 27.5 Å². The number of nitrogens with zero attached hydrogens (tertiary/aromatic N) is 3. The lowest BCUT2D eigenvalue weighted by atomic mass is 10.3. The molecule has 0 aliphatic carbocycles. The summed E-state index contributed by atoms with van der Waals surface area (Å²) in [5.41, 5.74) is 8.30. The van der Waals surface area contributed by atoms with Crippen LogP contribution in [0, 0.1) is 0 Å². The van der Waals surface area contributed by atoms with Gasteiger partial charge in [0.2, 0.25) is 6.23 Å². The number of aliphatic hydroxyl groups excluding tert-OH is 1. The zero-order valence-corrected chi connectivity index (χ0v) is 10.7. The number of azide groups is 1. The van der Waals surface area contributed by atoms with Crippen LogP contribution in [-0.4, -0.2) is 17.4 Å². The standard InChI is InChI=1S/C9H9BrClN3O2/c1-5(15)9(13-14-12)16-8-3-2-6(10)4-7(8)11/h2-5,9,15H,1H3. The Kier molecular flexibility index (Phi) is 4.89. The van der Waals surface area contributed by atoms with Gasteiger partial charge in [-0.15, -0.1) is 0 Å². The first kappa shape index (κ1) is 13.1. The molecule has 5 nitrogen and oxygen atoms in total. The zero-order chi connectivity index (χ0) is 12.1. The van der Waals surface area contributed by atoms with Crippen LogP contribution in [-0.2, 0) is 0 Å². The molecule has 2 unspecified atom stereocenters. The summed E-state index contributed by atoms with van der Waals surface area (Å²) in [4.78, 5) is 2.59. The van der Waals surface area contributed by atoms with Crippen LogP contribution in [0.1, 0.15) is 6.92 Å². The topological polar surface area (TPSA) is 78.2 Å². The second-order valence-electron chi connectivity index (χ2n) is 3.03. The molecule has 0 spiro atoms. The first-order chi connectivity index (χ1) is 7.54. The van der Waals surface area contributed by atoms with E-state index in [9.17, 15) is 5.11 Å². The maximum atomic E-state index is 9.31. The van der Waals surface area contributed by atoms with Crippen LogP contribution in [0.15, 0.2) is 27.8 Å². The number of benzene rings is 1. The van der Waals surface area contributed by atoms with Gasteiger partial charge in [-0.05, 0) is 35.8 Å². The van der Waals surface area contributed by atoms with E-state index in [1.807, 2.05) is 0 Å². The number of hydrogen-bond acceptors (Lipinski definition) is 3. The van der Waals surface area contributed by atoms with Gasteiger partial charge >= 0.3 is 0 Å². The first-order valence-electron chi connectivity index (χ1n) is 4.38. The van der Waals surface area contributed by atoms with Crippen molar-refractivity contribution in [3.63, 3.8) is 0 Å². The SMILES string of the molecule is CC(O)C(N=[N+]=[N-])Oc1ccc(Br)cc1Cl. The van der Waals surface area contributed by atoms with Gasteiger partial charge in [0.1, 0.15) is 5.75 Å². The third kappa shape index (κ3) is 3.57. The maximum Gasteiger partial charge on any atom is 0.203 e. The van der Waals surface area contributed by atoms with E-state index in [2.05, 4.69) is 26.0 Å². The van der Waals surface area contributed by atoms with Crippen LogP contribution in [0.5, 0.6) is 5.75 Å². The van der Waals surface area contributed by atoms with E-state index in [1.165, 1.54) is 6.92 Å². The summed E-state index contributed by atoms with van der Waals surface area (Å²) in [6.07, 6.45) is -1.92. The normalized spacial score (nSPS) is 13.8. The molecular weight excluding hydrogens is 297 g/mol. The molecule has 0 heterocycles. The number of rotatable bonds is 4. The molecule has 7 heteroatoms. The Bertz CT molecular complexity index is 421. The monoisotopic (exact) mass is 305 g/mol. The summed E-state index contributed by atoms with van der Waals surface area (Å²) in [6.45, 7) is 1.46. The van der Waals surface area contributed by atoms with Crippen LogP contribution < -0.4 is 4.74 Å². The molecule has 0 saturated carbocycles. The third-order valence-electron chi connectivity index (χ3n) is 1.72. The van der Waals surface area contributed by atoms with Crippen molar-refractivity contribution in [3.05, 3.63) is 38.1 Å². The lowest BCUT2D eigenvalue weighted by Crippen LogP contribution is -2.26. The Morgan fingerprint density at radius 2 is 2.31 bits per heavy atom. The Labute approximate surface area is 106 Å². The van der Waals surface area contributed by atoms with Crippen molar-refractivity contribution in [2.45, 2.75) is 19.3 Å². The quantitative estimate of drug-likeness (QED) is 0.525. The molecule has 86 valence electrons. The molecule has 1 N–H and O–H groups in total. The largest absolute Gasteiger partial charge is 0.480 e. The van der Waals surface area contributed by atoms with Crippen molar-refractivity contribution in [2.24, 2.45) is 5.11 Å². The minimum Gasteiger partial charge on any atom is -0.480 e. The predicted octanol–water partition coefficient (Wildman–Crippen LogP) is 3.50. The smallest absolute Gasteiger partial charge is 0.203 e. The molecule has 1 rings (SSSR count). The third-order valence-corrected chi connectivity index (χ3v) is 2.51. The van der Waals surface area contributed by atoms with E-state index in [-0.39, 0.29) is 0 Å². The average molecular weight is 307 g/mol. The summed E-state index contributed by atoms with van der Waals surface area (Å²) >= 11 is 9.16. The number of ether oxygens (including phenoxy) is 1. The number of halogens is 2. The highest BCUT2D eigenvalue weighted by molar-refractivity contribution is 9.10. The van der Waals surface area contributed by atoms with E-state index >= 15 is 0 Å². The number of aliphatic hydroxyl groups is 1. The fourth-order valence-corrected chi connectivity index (χ4v) is 1.69. The van der Waals surface area contributed by atoms with Gasteiger partial charge in [0.05, 0.1) is 11.1 Å². The fourth-order valence-electron chi connectivity index (χ4n) is 0.970. The van der Waals surface area contributed by atoms with Gasteiger partial charge in [-0.1, -0.05) is 27.5 Å². The maximum absolute atomic E-state index is 9.31. The molecule has 0 bridgehead atoms. The van der Waals surface area contributed by atoms with E-state index in [1.54, 1.807) is 18.2 Å². The Hall–Kier alpha value is -0.940. The molecule has 1 aromatic carbocycles. The highest BCUT2D eigenvalue weighted by Gasteiger charge is 2.16. The molecule has 2 atom stereocenters. The summed E-state index contributed by atoms with van der Waals surface area (Å²) in [6, 6.07) is 5.00. The predicted molar refractivity (Wildman–Crippen MR) is 64.4 cm³/mol. The minimum atomic E-state index is -0.997. The van der Waals surface area contributed by atoms with E-state index < -0.39 is 12.3 Å². The summed E-state index contributed by atoms with van der Waals surface area (Å²) < 4.78 is 6.09. The highest BCUT2D eigenvalue weighted by Crippen LogP contribution is 2.29. The summed E-state index contributed by atoms with van der Waals surface area (Å²) in [7, 11) is 0. The molecule has 0 aliphatic rings. The van der Waals surface area contributed by atoms with Crippen LogP contribution in [0.25, 0.3) is 10.4 Å². The van der Waals surface area contributed by atoms with Crippen LogP contribution in [0.4, 0.5) is 0 Å². The van der Waals surface area contributed by atoms with Crippen molar-refractivity contribution >= 4 is 27.5 Å². The molecule has 0 saturated heterocycles. The van der Waals surface area contributed by atoms with Crippen LogP contribution in [0.3, 0.4) is 0 Å². The lowest BCUT2D eigenvalue weighted by molar-refractivity contribution is 0.0532. The van der Waals surface area contributed by atoms with Gasteiger partial charge in [-0.25, -0.2) is 0 Å². The van der Waals surface area contributed by atoms with Gasteiger partial charge in [0.25, 0.3) is 0 Å². The Morgan fingerprint density at radius 1 is 1.62 bits per heavy atom. The van der Waals surface area contributed by atoms with E-state index in [0.29, 0.717) is 10.8 Å². The molecule has 0 radical (unpaired) electrons. The molecular formula is C9H9BrClN3O2. The highest BCUT2D eigenvalue weighted by atomic mass is 79.9. The van der Waals surface area contributed by atoms with Crippen molar-refractivity contribution in [2.75, 3.05) is 0 Å². The molecule has 1 aromatic rings. The number of hydrogen-bond donors (Lipinski definition) is 1. The van der Waals surface area contributed by atoms with Crippen LogP contribution in [0.2, 0.25) is 5.02 Å². The Balaban J connectivity index is 2.89. The molecule has 0 aromatic heterocycles. The van der Waals surface area contributed by atoms with Gasteiger partial charge in [0, 0.05) is 9.38 Å². The van der Waals surface area contributed by atoms with Gasteiger partial charge in [0.15, 0.2) is 0 Å². The van der Waals surface area contributed by atoms with Crippen molar-refractivity contribution in [1.29, 1.82) is 0 Å². The molecule has 0 fully saturated rings. The molecule has 16 heavy (non-hydrogen) atoms.